The van der Waals surface area contributed by atoms with Crippen LogP contribution in [0.5, 0.6) is 11.5 Å². The zero-order valence-corrected chi connectivity index (χ0v) is 9.75. The molecule has 0 fully saturated rings. The monoisotopic (exact) mass is 219 g/mol. The third kappa shape index (κ3) is 2.04. The molecule has 0 bridgehead atoms. The van der Waals surface area contributed by atoms with Crippen LogP contribution in [0.15, 0.2) is 24.3 Å². The Bertz CT molecular complexity index is 377. The van der Waals surface area contributed by atoms with Crippen molar-refractivity contribution >= 4 is 5.57 Å². The van der Waals surface area contributed by atoms with Gasteiger partial charge in [-0.3, -0.25) is 0 Å². The number of methoxy groups -OCH3 is 2. The Morgan fingerprint density at radius 3 is 2.31 bits per heavy atom. The molecule has 1 aliphatic heterocycles. The first kappa shape index (κ1) is 11.0. The van der Waals surface area contributed by atoms with Crippen molar-refractivity contribution in [3.05, 3.63) is 29.8 Å². The first-order valence-electron chi connectivity index (χ1n) is 5.48. The Kier molecular flexibility index (Phi) is 3.47. The summed E-state index contributed by atoms with van der Waals surface area (Å²) in [6, 6.07) is 5.87. The molecule has 0 amide bonds. The van der Waals surface area contributed by atoms with Crippen LogP contribution in [0.3, 0.4) is 0 Å². The van der Waals surface area contributed by atoms with Gasteiger partial charge in [0.25, 0.3) is 0 Å². The predicted octanol–water partition coefficient (Wildman–Crippen LogP) is 2.08. The minimum absolute atomic E-state index is 0.870. The van der Waals surface area contributed by atoms with E-state index in [1.807, 2.05) is 18.2 Å². The zero-order chi connectivity index (χ0) is 11.4. The van der Waals surface area contributed by atoms with E-state index in [1.165, 1.54) is 5.57 Å². The molecule has 1 aliphatic rings. The molecule has 16 heavy (non-hydrogen) atoms. The number of nitrogens with one attached hydrogen (secondary N) is 1. The number of ether oxygens (including phenoxy) is 2. The maximum atomic E-state index is 5.39. The molecule has 0 saturated heterocycles. The van der Waals surface area contributed by atoms with Crippen LogP contribution in [0, 0.1) is 0 Å². The lowest BCUT2D eigenvalue weighted by Gasteiger charge is -2.19. The normalized spacial score (nSPS) is 15.5. The molecule has 1 heterocycles. The molecule has 0 aliphatic carbocycles. The highest BCUT2D eigenvalue weighted by molar-refractivity contribution is 5.77. The Labute approximate surface area is 96.1 Å². The summed E-state index contributed by atoms with van der Waals surface area (Å²) in [6.45, 7) is 1.91. The largest absolute Gasteiger partial charge is 0.496 e. The number of hydrogen-bond donors (Lipinski definition) is 1. The van der Waals surface area contributed by atoms with Crippen molar-refractivity contribution in [2.75, 3.05) is 27.3 Å². The van der Waals surface area contributed by atoms with Crippen molar-refractivity contribution in [1.29, 1.82) is 0 Å². The minimum atomic E-state index is 0.870. The average Bonchev–Trinajstić information content (AvgIpc) is 2.38. The number of benzene rings is 1. The van der Waals surface area contributed by atoms with Gasteiger partial charge in [0, 0.05) is 6.54 Å². The van der Waals surface area contributed by atoms with Crippen molar-refractivity contribution in [1.82, 2.24) is 5.32 Å². The first-order chi connectivity index (χ1) is 7.86. The van der Waals surface area contributed by atoms with Crippen LogP contribution in [-0.2, 0) is 0 Å². The van der Waals surface area contributed by atoms with E-state index < -0.39 is 0 Å². The highest BCUT2D eigenvalue weighted by atomic mass is 16.5. The predicted molar refractivity (Wildman–Crippen MR) is 65.0 cm³/mol. The second-order valence-corrected chi connectivity index (χ2v) is 3.73. The van der Waals surface area contributed by atoms with Crippen LogP contribution in [0.4, 0.5) is 0 Å². The summed E-state index contributed by atoms with van der Waals surface area (Å²) in [4.78, 5) is 0. The van der Waals surface area contributed by atoms with Gasteiger partial charge in [-0.15, -0.1) is 0 Å². The zero-order valence-electron chi connectivity index (χ0n) is 9.75. The van der Waals surface area contributed by atoms with Gasteiger partial charge in [-0.05, 0) is 30.7 Å². The molecule has 3 heteroatoms. The minimum Gasteiger partial charge on any atom is -0.496 e. The van der Waals surface area contributed by atoms with Gasteiger partial charge >= 0.3 is 0 Å². The van der Waals surface area contributed by atoms with Crippen LogP contribution in [0.1, 0.15) is 12.0 Å². The van der Waals surface area contributed by atoms with Gasteiger partial charge in [-0.1, -0.05) is 12.1 Å². The lowest BCUT2D eigenvalue weighted by molar-refractivity contribution is 0.391. The van der Waals surface area contributed by atoms with Gasteiger partial charge in [0.2, 0.25) is 0 Å². The molecule has 3 nitrogen and oxygen atoms in total. The van der Waals surface area contributed by atoms with E-state index in [1.54, 1.807) is 14.2 Å². The first-order valence-corrected chi connectivity index (χ1v) is 5.48. The van der Waals surface area contributed by atoms with E-state index in [-0.39, 0.29) is 0 Å². The maximum Gasteiger partial charge on any atom is 0.130 e. The molecule has 0 aromatic heterocycles. The number of rotatable bonds is 3. The van der Waals surface area contributed by atoms with E-state index in [2.05, 4.69) is 11.4 Å². The summed E-state index contributed by atoms with van der Waals surface area (Å²) in [7, 11) is 3.38. The molecular weight excluding hydrogens is 202 g/mol. The Morgan fingerprint density at radius 2 is 1.81 bits per heavy atom. The van der Waals surface area contributed by atoms with E-state index in [0.29, 0.717) is 0 Å². The smallest absolute Gasteiger partial charge is 0.130 e. The van der Waals surface area contributed by atoms with Crippen LogP contribution < -0.4 is 14.8 Å². The molecule has 0 spiro atoms. The molecule has 1 aromatic rings. The lowest BCUT2D eigenvalue weighted by Crippen LogP contribution is -2.21. The van der Waals surface area contributed by atoms with Crippen LogP contribution in [0.2, 0.25) is 0 Å². The second-order valence-electron chi connectivity index (χ2n) is 3.73. The summed E-state index contributed by atoms with van der Waals surface area (Å²) in [5.74, 6) is 1.74. The lowest BCUT2D eigenvalue weighted by atomic mass is 10.00. The highest BCUT2D eigenvalue weighted by Gasteiger charge is 2.15. The third-order valence-corrected chi connectivity index (χ3v) is 2.78. The van der Waals surface area contributed by atoms with Gasteiger partial charge < -0.3 is 14.8 Å². The third-order valence-electron chi connectivity index (χ3n) is 2.78. The van der Waals surface area contributed by atoms with E-state index in [4.69, 9.17) is 9.47 Å². The molecule has 0 atom stereocenters. The van der Waals surface area contributed by atoms with Gasteiger partial charge in [0.05, 0.1) is 19.8 Å². The summed E-state index contributed by atoms with van der Waals surface area (Å²) in [5, 5.41) is 3.36. The van der Waals surface area contributed by atoms with Crippen molar-refractivity contribution in [3.63, 3.8) is 0 Å². The van der Waals surface area contributed by atoms with Gasteiger partial charge in [-0.25, -0.2) is 0 Å². The van der Waals surface area contributed by atoms with Crippen LogP contribution >= 0.6 is 0 Å². The standard InChI is InChI=1S/C13H17NO2/c1-15-11-6-3-7-12(16-2)13(11)10-5-4-8-14-9-10/h3,5-7,14H,4,8-9H2,1-2H3. The summed E-state index contributed by atoms with van der Waals surface area (Å²) in [5.41, 5.74) is 2.32. The molecule has 2 rings (SSSR count). The van der Waals surface area contributed by atoms with Gasteiger partial charge in [-0.2, -0.15) is 0 Å². The van der Waals surface area contributed by atoms with E-state index >= 15 is 0 Å². The molecule has 0 saturated carbocycles. The van der Waals surface area contributed by atoms with Crippen molar-refractivity contribution in [3.8, 4) is 11.5 Å². The summed E-state index contributed by atoms with van der Waals surface area (Å²) in [6.07, 6.45) is 3.30. The van der Waals surface area contributed by atoms with Crippen molar-refractivity contribution in [2.45, 2.75) is 6.42 Å². The number of hydrogen-bond acceptors (Lipinski definition) is 3. The topological polar surface area (TPSA) is 30.5 Å². The Morgan fingerprint density at radius 1 is 1.12 bits per heavy atom. The summed E-state index contributed by atoms with van der Waals surface area (Å²) < 4.78 is 10.8. The van der Waals surface area contributed by atoms with Crippen molar-refractivity contribution < 1.29 is 9.47 Å². The second kappa shape index (κ2) is 5.03. The van der Waals surface area contributed by atoms with Crippen LogP contribution in [-0.4, -0.2) is 27.3 Å². The fourth-order valence-electron chi connectivity index (χ4n) is 2.00. The molecule has 1 aromatic carbocycles. The van der Waals surface area contributed by atoms with Crippen molar-refractivity contribution in [2.24, 2.45) is 0 Å². The SMILES string of the molecule is COc1cccc(OC)c1C1=CCCNC1. The fraction of sp³-hybridized carbons (Fsp3) is 0.385. The Hall–Kier alpha value is -1.48. The molecule has 1 N–H and O–H groups in total. The van der Waals surface area contributed by atoms with E-state index in [9.17, 15) is 0 Å². The summed E-state index contributed by atoms with van der Waals surface area (Å²) >= 11 is 0. The van der Waals surface area contributed by atoms with E-state index in [0.717, 1.165) is 36.6 Å². The molecule has 86 valence electrons. The van der Waals surface area contributed by atoms with Gasteiger partial charge in [0.15, 0.2) is 0 Å². The molecule has 0 radical (unpaired) electrons. The molecule has 0 unspecified atom stereocenters. The van der Waals surface area contributed by atoms with Gasteiger partial charge in [0.1, 0.15) is 11.5 Å². The maximum absolute atomic E-state index is 5.39. The fourth-order valence-corrected chi connectivity index (χ4v) is 2.00. The highest BCUT2D eigenvalue weighted by Crippen LogP contribution is 2.35. The molecular formula is C13H17NO2. The Balaban J connectivity index is 2.47. The van der Waals surface area contributed by atoms with Crippen LogP contribution in [0.25, 0.3) is 5.57 Å². The average molecular weight is 219 g/mol. The quantitative estimate of drug-likeness (QED) is 0.844.